The standard InChI is InChI=1S/C19H28N4OS/c1-3-23-18(15-24-17-9-7-8-16(2)14-17)20-21-19(23)25-13-12-22-10-5-4-6-11-22/h7-9,14H,3-6,10-13,15H2,1-2H3/p+1. The maximum Gasteiger partial charge on any atom is 0.191 e. The van der Waals surface area contributed by atoms with Crippen LogP contribution in [0.2, 0.25) is 0 Å². The van der Waals surface area contributed by atoms with Gasteiger partial charge in [-0.3, -0.25) is 0 Å². The summed E-state index contributed by atoms with van der Waals surface area (Å²) in [5.41, 5.74) is 1.20. The van der Waals surface area contributed by atoms with E-state index in [-0.39, 0.29) is 0 Å². The molecular weight excluding hydrogens is 332 g/mol. The zero-order valence-electron chi connectivity index (χ0n) is 15.3. The molecule has 25 heavy (non-hydrogen) atoms. The Balaban J connectivity index is 1.53. The number of hydrogen-bond acceptors (Lipinski definition) is 4. The summed E-state index contributed by atoms with van der Waals surface area (Å²) in [6, 6.07) is 8.11. The van der Waals surface area contributed by atoms with Crippen molar-refractivity contribution in [3.8, 4) is 5.75 Å². The van der Waals surface area contributed by atoms with Crippen molar-refractivity contribution >= 4 is 11.8 Å². The molecule has 1 aromatic carbocycles. The maximum absolute atomic E-state index is 5.89. The van der Waals surface area contributed by atoms with Crippen LogP contribution in [0.5, 0.6) is 5.75 Å². The Morgan fingerprint density at radius 1 is 1.20 bits per heavy atom. The molecule has 1 saturated heterocycles. The molecular formula is C19H29N4OS+. The molecule has 6 heteroatoms. The predicted molar refractivity (Wildman–Crippen MR) is 101 cm³/mol. The highest BCUT2D eigenvalue weighted by molar-refractivity contribution is 7.99. The van der Waals surface area contributed by atoms with E-state index >= 15 is 0 Å². The second-order valence-corrected chi connectivity index (χ2v) is 7.72. The number of rotatable bonds is 8. The molecule has 0 saturated carbocycles. The van der Waals surface area contributed by atoms with Crippen LogP contribution in [0.1, 0.15) is 37.6 Å². The summed E-state index contributed by atoms with van der Waals surface area (Å²) in [7, 11) is 0. The quantitative estimate of drug-likeness (QED) is 0.733. The summed E-state index contributed by atoms with van der Waals surface area (Å²) < 4.78 is 8.06. The first-order valence-corrected chi connectivity index (χ1v) is 10.3. The third kappa shape index (κ3) is 5.22. The lowest BCUT2D eigenvalue weighted by molar-refractivity contribution is -0.902. The lowest BCUT2D eigenvalue weighted by atomic mass is 10.1. The minimum Gasteiger partial charge on any atom is -0.486 e. The van der Waals surface area contributed by atoms with E-state index < -0.39 is 0 Å². The van der Waals surface area contributed by atoms with Gasteiger partial charge in [0.25, 0.3) is 0 Å². The molecule has 1 N–H and O–H groups in total. The van der Waals surface area contributed by atoms with E-state index in [4.69, 9.17) is 4.74 Å². The Morgan fingerprint density at radius 3 is 2.80 bits per heavy atom. The highest BCUT2D eigenvalue weighted by Gasteiger charge is 2.15. The SMILES string of the molecule is CCn1c(COc2cccc(C)c2)nnc1SCC[NH+]1CCCCC1. The van der Waals surface area contributed by atoms with Crippen molar-refractivity contribution in [2.45, 2.75) is 51.4 Å². The third-order valence-corrected chi connectivity index (χ3v) is 5.68. The molecule has 0 bridgehead atoms. The van der Waals surface area contributed by atoms with Gasteiger partial charge in [-0.05, 0) is 50.8 Å². The number of thioether (sulfide) groups is 1. The van der Waals surface area contributed by atoms with Gasteiger partial charge in [0.2, 0.25) is 0 Å². The van der Waals surface area contributed by atoms with Gasteiger partial charge in [0, 0.05) is 6.54 Å². The molecule has 0 radical (unpaired) electrons. The Labute approximate surface area is 154 Å². The van der Waals surface area contributed by atoms with Crippen LogP contribution < -0.4 is 9.64 Å². The summed E-state index contributed by atoms with van der Waals surface area (Å²) >= 11 is 1.82. The van der Waals surface area contributed by atoms with Crippen LogP contribution in [0.15, 0.2) is 29.4 Å². The summed E-state index contributed by atoms with van der Waals surface area (Å²) in [5, 5.41) is 9.75. The summed E-state index contributed by atoms with van der Waals surface area (Å²) in [5.74, 6) is 2.89. The van der Waals surface area contributed by atoms with Crippen LogP contribution in [0, 0.1) is 6.92 Å². The molecule has 1 aliphatic heterocycles. The normalized spacial score (nSPS) is 15.4. The summed E-state index contributed by atoms with van der Waals surface area (Å²) in [6.45, 7) is 9.42. The van der Waals surface area contributed by atoms with Crippen LogP contribution in [-0.4, -0.2) is 40.2 Å². The molecule has 0 unspecified atom stereocenters. The van der Waals surface area contributed by atoms with E-state index in [1.165, 1.54) is 44.5 Å². The fourth-order valence-electron chi connectivity index (χ4n) is 3.29. The van der Waals surface area contributed by atoms with Crippen LogP contribution in [0.4, 0.5) is 0 Å². The molecule has 0 atom stereocenters. The molecule has 0 amide bonds. The average molecular weight is 362 g/mol. The number of piperidine rings is 1. The lowest BCUT2D eigenvalue weighted by Gasteiger charge is -2.23. The fraction of sp³-hybridized carbons (Fsp3) is 0.579. The van der Waals surface area contributed by atoms with Gasteiger partial charge in [-0.2, -0.15) is 0 Å². The molecule has 0 aliphatic carbocycles. The number of nitrogens with zero attached hydrogens (tertiary/aromatic N) is 3. The molecule has 0 spiro atoms. The predicted octanol–water partition coefficient (Wildman–Crippen LogP) is 2.35. The zero-order valence-corrected chi connectivity index (χ0v) is 16.1. The maximum atomic E-state index is 5.89. The Kier molecular flexibility index (Phi) is 6.76. The van der Waals surface area contributed by atoms with Gasteiger partial charge in [0.05, 0.1) is 25.4 Å². The van der Waals surface area contributed by atoms with Crippen molar-refractivity contribution in [3.05, 3.63) is 35.7 Å². The number of aryl methyl sites for hydroxylation is 1. The number of nitrogens with one attached hydrogen (secondary N) is 1. The van der Waals surface area contributed by atoms with Crippen molar-refractivity contribution in [1.29, 1.82) is 0 Å². The van der Waals surface area contributed by atoms with E-state index in [1.807, 2.05) is 30.0 Å². The van der Waals surface area contributed by atoms with E-state index in [1.54, 1.807) is 4.90 Å². The first-order valence-electron chi connectivity index (χ1n) is 9.34. The number of likely N-dealkylation sites (tertiary alicyclic amines) is 1. The van der Waals surface area contributed by atoms with Crippen molar-refractivity contribution in [2.24, 2.45) is 0 Å². The van der Waals surface area contributed by atoms with Gasteiger partial charge < -0.3 is 14.2 Å². The smallest absolute Gasteiger partial charge is 0.191 e. The molecule has 1 aliphatic rings. The molecule has 3 rings (SSSR count). The number of quaternary nitrogens is 1. The highest BCUT2D eigenvalue weighted by Crippen LogP contribution is 2.18. The van der Waals surface area contributed by atoms with Crippen LogP contribution in [-0.2, 0) is 13.2 Å². The van der Waals surface area contributed by atoms with Gasteiger partial charge in [-0.1, -0.05) is 23.9 Å². The van der Waals surface area contributed by atoms with E-state index in [2.05, 4.69) is 34.7 Å². The van der Waals surface area contributed by atoms with Crippen molar-refractivity contribution < 1.29 is 9.64 Å². The fourth-order valence-corrected chi connectivity index (χ4v) is 4.35. The number of ether oxygens (including phenoxy) is 1. The zero-order chi connectivity index (χ0) is 17.5. The molecule has 2 heterocycles. The molecule has 5 nitrogen and oxygen atoms in total. The van der Waals surface area contributed by atoms with E-state index in [0.29, 0.717) is 6.61 Å². The van der Waals surface area contributed by atoms with Gasteiger partial charge in [-0.15, -0.1) is 10.2 Å². The van der Waals surface area contributed by atoms with Crippen molar-refractivity contribution in [2.75, 3.05) is 25.4 Å². The third-order valence-electron chi connectivity index (χ3n) is 4.71. The Morgan fingerprint density at radius 2 is 2.04 bits per heavy atom. The van der Waals surface area contributed by atoms with E-state index in [0.717, 1.165) is 29.0 Å². The molecule has 2 aromatic rings. The summed E-state index contributed by atoms with van der Waals surface area (Å²) in [4.78, 5) is 1.74. The Bertz CT molecular complexity index is 667. The van der Waals surface area contributed by atoms with Gasteiger partial charge >= 0.3 is 0 Å². The monoisotopic (exact) mass is 361 g/mol. The number of benzene rings is 1. The molecule has 1 fully saturated rings. The van der Waals surface area contributed by atoms with Gasteiger partial charge in [-0.25, -0.2) is 0 Å². The average Bonchev–Trinajstić information content (AvgIpc) is 3.03. The minimum absolute atomic E-state index is 0.461. The van der Waals surface area contributed by atoms with Crippen molar-refractivity contribution in [3.63, 3.8) is 0 Å². The first kappa shape index (κ1) is 18.3. The number of aromatic nitrogens is 3. The number of hydrogen-bond donors (Lipinski definition) is 1. The van der Waals surface area contributed by atoms with Gasteiger partial charge in [0.1, 0.15) is 12.4 Å². The topological polar surface area (TPSA) is 44.4 Å². The van der Waals surface area contributed by atoms with Crippen LogP contribution >= 0.6 is 11.8 Å². The summed E-state index contributed by atoms with van der Waals surface area (Å²) in [6.07, 6.45) is 4.17. The molecule has 1 aromatic heterocycles. The van der Waals surface area contributed by atoms with Crippen LogP contribution in [0.25, 0.3) is 0 Å². The first-order chi connectivity index (χ1) is 12.3. The largest absolute Gasteiger partial charge is 0.486 e. The van der Waals surface area contributed by atoms with E-state index in [9.17, 15) is 0 Å². The molecule has 136 valence electrons. The minimum atomic E-state index is 0.461. The second-order valence-electron chi connectivity index (χ2n) is 6.66. The highest BCUT2D eigenvalue weighted by atomic mass is 32.2. The Hall–Kier alpha value is -1.53. The van der Waals surface area contributed by atoms with Crippen LogP contribution in [0.3, 0.4) is 0 Å². The van der Waals surface area contributed by atoms with Crippen molar-refractivity contribution in [1.82, 2.24) is 14.8 Å². The second kappa shape index (κ2) is 9.25. The van der Waals surface area contributed by atoms with Gasteiger partial charge in [0.15, 0.2) is 11.0 Å². The lowest BCUT2D eigenvalue weighted by Crippen LogP contribution is -3.13.